The fraction of sp³-hybridized carbons (Fsp3) is 0.417. The predicted octanol–water partition coefficient (Wildman–Crippen LogP) is 2.69. The van der Waals surface area contributed by atoms with Gasteiger partial charge < -0.3 is 14.7 Å². The zero-order chi connectivity index (χ0) is 18.4. The normalized spacial score (nSPS) is 14.5. The lowest BCUT2D eigenvalue weighted by Gasteiger charge is -2.21. The van der Waals surface area contributed by atoms with Crippen LogP contribution in [0.25, 0.3) is 0 Å². The molecule has 132 valence electrons. The van der Waals surface area contributed by atoms with Crippen molar-refractivity contribution in [2.45, 2.75) is 11.6 Å². The van der Waals surface area contributed by atoms with Crippen molar-refractivity contribution in [1.82, 2.24) is 4.98 Å². The van der Waals surface area contributed by atoms with Crippen LogP contribution in [0.15, 0.2) is 0 Å². The molecule has 0 saturated carbocycles. The standard InChI is InChI=1S/C12H8ClF5N2O4/c1-24-10(23)5-6(20-2-3-20)4(9(21)22)8(12(16,17)18)19-7(5)11(13,14)15/h2-3H2,1H3,(H,21,22). The van der Waals surface area contributed by atoms with E-state index in [0.717, 1.165) is 12.0 Å². The number of carbonyl (C=O) groups excluding carboxylic acids is 1. The van der Waals surface area contributed by atoms with Crippen LogP contribution >= 0.6 is 11.6 Å². The van der Waals surface area contributed by atoms with Crippen LogP contribution in [-0.2, 0) is 16.3 Å². The largest absolute Gasteiger partial charge is 0.478 e. The second-order valence-electron chi connectivity index (χ2n) is 4.69. The van der Waals surface area contributed by atoms with Gasteiger partial charge in [-0.3, -0.25) is 0 Å². The zero-order valence-corrected chi connectivity index (χ0v) is 12.5. The number of aromatic nitrogens is 1. The highest BCUT2D eigenvalue weighted by molar-refractivity contribution is 6.22. The second-order valence-corrected chi connectivity index (χ2v) is 5.16. The van der Waals surface area contributed by atoms with Gasteiger partial charge in [-0.25, -0.2) is 14.6 Å². The smallest absolute Gasteiger partial charge is 0.434 e. The zero-order valence-electron chi connectivity index (χ0n) is 11.7. The van der Waals surface area contributed by atoms with Gasteiger partial charge in [0.25, 0.3) is 0 Å². The van der Waals surface area contributed by atoms with Crippen molar-refractivity contribution < 1.29 is 41.4 Å². The molecule has 0 aliphatic carbocycles. The van der Waals surface area contributed by atoms with Gasteiger partial charge in [-0.05, 0) is 11.6 Å². The minimum Gasteiger partial charge on any atom is -0.478 e. The van der Waals surface area contributed by atoms with E-state index in [1.807, 2.05) is 0 Å². The Morgan fingerprint density at radius 1 is 1.17 bits per heavy atom. The van der Waals surface area contributed by atoms with Gasteiger partial charge in [-0.2, -0.15) is 22.0 Å². The molecule has 24 heavy (non-hydrogen) atoms. The van der Waals surface area contributed by atoms with Crippen LogP contribution in [-0.4, -0.2) is 42.2 Å². The molecule has 1 aromatic rings. The van der Waals surface area contributed by atoms with Crippen LogP contribution < -0.4 is 4.90 Å². The van der Waals surface area contributed by atoms with Gasteiger partial charge in [0, 0.05) is 13.1 Å². The number of hydrogen-bond acceptors (Lipinski definition) is 5. The molecule has 0 amide bonds. The first-order valence-corrected chi connectivity index (χ1v) is 6.56. The van der Waals surface area contributed by atoms with E-state index in [0.29, 0.717) is 0 Å². The predicted molar refractivity (Wildman–Crippen MR) is 69.5 cm³/mol. The molecule has 2 rings (SSSR count). The molecule has 0 unspecified atom stereocenters. The summed E-state index contributed by atoms with van der Waals surface area (Å²) in [6, 6.07) is 0. The van der Waals surface area contributed by atoms with Gasteiger partial charge in [-0.1, -0.05) is 0 Å². The van der Waals surface area contributed by atoms with Crippen molar-refractivity contribution >= 4 is 29.2 Å². The van der Waals surface area contributed by atoms with Gasteiger partial charge in [0.1, 0.15) is 16.8 Å². The summed E-state index contributed by atoms with van der Waals surface area (Å²) in [6.07, 6.45) is -5.36. The molecule has 1 aliphatic heterocycles. The van der Waals surface area contributed by atoms with Gasteiger partial charge in [-0.15, -0.1) is 0 Å². The molecule has 1 N–H and O–H groups in total. The fourth-order valence-electron chi connectivity index (χ4n) is 2.07. The number of rotatable bonds is 4. The molecular weight excluding hydrogens is 367 g/mol. The summed E-state index contributed by atoms with van der Waals surface area (Å²) in [6.45, 7) is 0.137. The number of methoxy groups -OCH3 is 1. The van der Waals surface area contributed by atoms with E-state index < -0.39 is 51.7 Å². The SMILES string of the molecule is COC(=O)c1c(C(F)(F)Cl)nc(C(F)(F)F)c(C(=O)O)c1N1CC1. The van der Waals surface area contributed by atoms with Crippen molar-refractivity contribution in [3.8, 4) is 0 Å². The Bertz CT molecular complexity index is 713. The Hall–Kier alpha value is -2.17. The van der Waals surface area contributed by atoms with E-state index in [1.54, 1.807) is 0 Å². The first kappa shape index (κ1) is 18.2. The molecule has 0 atom stereocenters. The molecule has 1 saturated heterocycles. The Kier molecular flexibility index (Phi) is 4.33. The number of carboxylic acid groups (broad SMARTS) is 1. The lowest BCUT2D eigenvalue weighted by Crippen LogP contribution is -2.26. The average Bonchev–Trinajstić information content (AvgIpc) is 3.26. The van der Waals surface area contributed by atoms with E-state index in [1.165, 1.54) is 0 Å². The molecule has 1 aromatic heterocycles. The van der Waals surface area contributed by atoms with Crippen LogP contribution in [0.5, 0.6) is 0 Å². The minimum absolute atomic E-state index is 0.0683. The topological polar surface area (TPSA) is 79.5 Å². The first-order valence-electron chi connectivity index (χ1n) is 6.18. The Morgan fingerprint density at radius 3 is 2.04 bits per heavy atom. The number of halogens is 6. The number of hydrogen-bond donors (Lipinski definition) is 1. The number of aromatic carboxylic acids is 1. The van der Waals surface area contributed by atoms with Crippen molar-refractivity contribution in [1.29, 1.82) is 0 Å². The highest BCUT2D eigenvalue weighted by Gasteiger charge is 2.48. The molecule has 1 aliphatic rings. The molecule has 0 bridgehead atoms. The number of carboxylic acids is 1. The van der Waals surface area contributed by atoms with Crippen molar-refractivity contribution in [3.63, 3.8) is 0 Å². The maximum Gasteiger partial charge on any atom is 0.434 e. The van der Waals surface area contributed by atoms with E-state index in [9.17, 15) is 31.5 Å². The molecule has 2 heterocycles. The third-order valence-electron chi connectivity index (χ3n) is 3.07. The minimum atomic E-state index is -5.36. The summed E-state index contributed by atoms with van der Waals surface area (Å²) < 4.78 is 70.7. The quantitative estimate of drug-likeness (QED) is 0.378. The maximum absolute atomic E-state index is 13.5. The summed E-state index contributed by atoms with van der Waals surface area (Å²) in [5.74, 6) is -3.55. The molecule has 0 aromatic carbocycles. The van der Waals surface area contributed by atoms with Gasteiger partial charge >= 0.3 is 23.5 Å². The lowest BCUT2D eigenvalue weighted by atomic mass is 10.0. The van der Waals surface area contributed by atoms with Crippen molar-refractivity contribution in [2.75, 3.05) is 25.1 Å². The van der Waals surface area contributed by atoms with Crippen LogP contribution in [0, 0.1) is 0 Å². The summed E-state index contributed by atoms with van der Waals surface area (Å²) >= 11 is 4.78. The van der Waals surface area contributed by atoms with Crippen LogP contribution in [0.3, 0.4) is 0 Å². The number of nitrogens with zero attached hydrogens (tertiary/aromatic N) is 2. The van der Waals surface area contributed by atoms with Gasteiger partial charge in [0.15, 0.2) is 5.69 Å². The number of alkyl halides is 6. The highest BCUT2D eigenvalue weighted by Crippen LogP contribution is 2.44. The van der Waals surface area contributed by atoms with Crippen molar-refractivity contribution in [3.05, 3.63) is 22.5 Å². The van der Waals surface area contributed by atoms with Gasteiger partial charge in [0.2, 0.25) is 0 Å². The van der Waals surface area contributed by atoms with E-state index in [4.69, 9.17) is 16.7 Å². The maximum atomic E-state index is 13.5. The monoisotopic (exact) mass is 374 g/mol. The number of ether oxygens (including phenoxy) is 1. The molecular formula is C12H8ClF5N2O4. The molecule has 12 heteroatoms. The third-order valence-corrected chi connectivity index (χ3v) is 3.25. The summed E-state index contributed by atoms with van der Waals surface area (Å²) in [4.78, 5) is 26.8. The Morgan fingerprint density at radius 2 is 1.71 bits per heavy atom. The average molecular weight is 375 g/mol. The van der Waals surface area contributed by atoms with E-state index in [-0.39, 0.29) is 13.1 Å². The van der Waals surface area contributed by atoms with Crippen LogP contribution in [0.1, 0.15) is 32.1 Å². The number of anilines is 1. The van der Waals surface area contributed by atoms with Gasteiger partial charge in [0.05, 0.1) is 12.8 Å². The fourth-order valence-corrected chi connectivity index (χ4v) is 2.21. The molecule has 0 spiro atoms. The van der Waals surface area contributed by atoms with Crippen LogP contribution in [0.2, 0.25) is 0 Å². The van der Waals surface area contributed by atoms with E-state index in [2.05, 4.69) is 9.72 Å². The molecule has 6 nitrogen and oxygen atoms in total. The third kappa shape index (κ3) is 3.21. The summed E-state index contributed by atoms with van der Waals surface area (Å²) in [7, 11) is 0.794. The van der Waals surface area contributed by atoms with E-state index >= 15 is 0 Å². The summed E-state index contributed by atoms with van der Waals surface area (Å²) in [5.41, 5.74) is -7.15. The summed E-state index contributed by atoms with van der Waals surface area (Å²) in [5, 5.41) is 4.67. The molecule has 0 radical (unpaired) electrons. The number of pyridine rings is 1. The Balaban J connectivity index is 2.99. The highest BCUT2D eigenvalue weighted by atomic mass is 35.5. The first-order chi connectivity index (χ1) is 10.9. The number of carbonyl (C=O) groups is 2. The molecule has 1 fully saturated rings. The Labute approximate surface area is 135 Å². The second kappa shape index (κ2) is 5.72. The van der Waals surface area contributed by atoms with Crippen molar-refractivity contribution in [2.24, 2.45) is 0 Å². The lowest BCUT2D eigenvalue weighted by molar-refractivity contribution is -0.142. The number of esters is 1. The van der Waals surface area contributed by atoms with Crippen LogP contribution in [0.4, 0.5) is 27.6 Å².